The minimum atomic E-state index is 0.512. The summed E-state index contributed by atoms with van der Waals surface area (Å²) in [7, 11) is 0. The fourth-order valence-electron chi connectivity index (χ4n) is 2.41. The van der Waals surface area contributed by atoms with E-state index in [1.54, 1.807) is 0 Å². The monoisotopic (exact) mass is 403 g/mol. The fraction of sp³-hybridized carbons (Fsp3) is 0.550. The first kappa shape index (κ1) is 22.8. The van der Waals surface area contributed by atoms with E-state index in [4.69, 9.17) is 15.2 Å². The number of nitrogens with zero attached hydrogens (tertiary/aromatic N) is 3. The zero-order valence-corrected chi connectivity index (χ0v) is 17.2. The molecule has 0 saturated heterocycles. The smallest absolute Gasteiger partial charge is 0.229 e. The highest BCUT2D eigenvalue weighted by Gasteiger charge is 2.06. The topological polar surface area (TPSA) is 119 Å². The van der Waals surface area contributed by atoms with Gasteiger partial charge in [0.05, 0.1) is 26.4 Å². The quantitative estimate of drug-likeness (QED) is 0.312. The molecule has 0 aliphatic rings. The van der Waals surface area contributed by atoms with Gasteiger partial charge in [-0.15, -0.1) is 0 Å². The van der Waals surface area contributed by atoms with Gasteiger partial charge in [0.15, 0.2) is 0 Å². The summed E-state index contributed by atoms with van der Waals surface area (Å²) in [6.45, 7) is 6.89. The molecule has 0 spiro atoms. The second-order valence-corrected chi connectivity index (χ2v) is 6.37. The van der Waals surface area contributed by atoms with Crippen molar-refractivity contribution in [2.45, 2.75) is 26.3 Å². The Hall–Kier alpha value is -2.49. The normalized spacial score (nSPS) is 10.7. The molecule has 9 nitrogen and oxygen atoms in total. The van der Waals surface area contributed by atoms with E-state index in [1.165, 1.54) is 0 Å². The van der Waals surface area contributed by atoms with Crippen LogP contribution in [0.1, 0.15) is 25.3 Å². The number of aromatic nitrogens is 3. The molecule has 0 atom stereocenters. The lowest BCUT2D eigenvalue weighted by atomic mass is 10.2. The lowest BCUT2D eigenvalue weighted by Gasteiger charge is -2.11. The number of unbranched alkanes of at least 4 members (excludes halogenated alkanes) is 1. The van der Waals surface area contributed by atoms with Crippen LogP contribution in [0.4, 0.5) is 17.8 Å². The van der Waals surface area contributed by atoms with Crippen molar-refractivity contribution < 1.29 is 9.47 Å². The molecule has 29 heavy (non-hydrogen) atoms. The molecule has 2 rings (SSSR count). The Bertz CT molecular complexity index is 673. The zero-order chi connectivity index (χ0) is 20.6. The van der Waals surface area contributed by atoms with E-state index < -0.39 is 0 Å². The summed E-state index contributed by atoms with van der Waals surface area (Å²) in [5, 5.41) is 9.70. The van der Waals surface area contributed by atoms with Crippen molar-refractivity contribution in [1.29, 1.82) is 0 Å². The van der Waals surface area contributed by atoms with E-state index in [-0.39, 0.29) is 0 Å². The summed E-state index contributed by atoms with van der Waals surface area (Å²) < 4.78 is 10.8. The molecule has 0 radical (unpaired) electrons. The standard InChI is InChI=1S/C20H33N7O2/c1-2-3-10-22-18-25-19(23-11-13-29-15-14-28-12-9-21)27-20(26-18)24-16-17-7-5-4-6-8-17/h4-8H,2-3,9-16,21H2,1H3,(H3,22,23,24,25,26,27). The van der Waals surface area contributed by atoms with Crippen molar-refractivity contribution in [1.82, 2.24) is 15.0 Å². The summed E-state index contributed by atoms with van der Waals surface area (Å²) in [4.78, 5) is 13.4. The zero-order valence-electron chi connectivity index (χ0n) is 17.2. The molecule has 2 aromatic rings. The van der Waals surface area contributed by atoms with Crippen LogP contribution >= 0.6 is 0 Å². The van der Waals surface area contributed by atoms with Crippen molar-refractivity contribution in [2.75, 3.05) is 62.0 Å². The second kappa shape index (κ2) is 14.5. The number of benzene rings is 1. The molecule has 1 aromatic carbocycles. The van der Waals surface area contributed by atoms with Crippen molar-refractivity contribution in [3.8, 4) is 0 Å². The minimum Gasteiger partial charge on any atom is -0.378 e. The number of anilines is 3. The van der Waals surface area contributed by atoms with Crippen LogP contribution in [0.15, 0.2) is 30.3 Å². The van der Waals surface area contributed by atoms with Crippen LogP contribution in [0.3, 0.4) is 0 Å². The van der Waals surface area contributed by atoms with Crippen LogP contribution in [0.2, 0.25) is 0 Å². The van der Waals surface area contributed by atoms with Gasteiger partial charge in [-0.05, 0) is 12.0 Å². The second-order valence-electron chi connectivity index (χ2n) is 6.37. The Morgan fingerprint density at radius 3 is 2.07 bits per heavy atom. The van der Waals surface area contributed by atoms with Crippen LogP contribution in [0.25, 0.3) is 0 Å². The maximum Gasteiger partial charge on any atom is 0.229 e. The van der Waals surface area contributed by atoms with Gasteiger partial charge in [-0.25, -0.2) is 0 Å². The molecule has 1 heterocycles. The first-order valence-corrected chi connectivity index (χ1v) is 10.2. The van der Waals surface area contributed by atoms with Gasteiger partial charge >= 0.3 is 0 Å². The van der Waals surface area contributed by atoms with E-state index in [0.29, 0.717) is 63.9 Å². The van der Waals surface area contributed by atoms with E-state index in [1.807, 2.05) is 18.2 Å². The largest absolute Gasteiger partial charge is 0.378 e. The van der Waals surface area contributed by atoms with E-state index in [2.05, 4.69) is 50.0 Å². The summed E-state index contributed by atoms with van der Waals surface area (Å²) in [5.41, 5.74) is 6.53. The van der Waals surface area contributed by atoms with Gasteiger partial charge in [-0.1, -0.05) is 43.7 Å². The first-order chi connectivity index (χ1) is 14.3. The van der Waals surface area contributed by atoms with Crippen molar-refractivity contribution in [2.24, 2.45) is 5.73 Å². The van der Waals surface area contributed by atoms with Crippen LogP contribution in [0, 0.1) is 0 Å². The van der Waals surface area contributed by atoms with Gasteiger partial charge in [0.2, 0.25) is 17.8 Å². The summed E-state index contributed by atoms with van der Waals surface area (Å²) >= 11 is 0. The van der Waals surface area contributed by atoms with Crippen LogP contribution < -0.4 is 21.7 Å². The van der Waals surface area contributed by atoms with E-state index >= 15 is 0 Å². The third-order valence-electron chi connectivity index (χ3n) is 3.91. The highest BCUT2D eigenvalue weighted by molar-refractivity contribution is 5.42. The van der Waals surface area contributed by atoms with Gasteiger partial charge in [-0.2, -0.15) is 15.0 Å². The predicted molar refractivity (Wildman–Crippen MR) is 116 cm³/mol. The molecular weight excluding hydrogens is 370 g/mol. The Balaban J connectivity index is 1.84. The Labute approximate surface area is 172 Å². The van der Waals surface area contributed by atoms with Gasteiger partial charge in [0.1, 0.15) is 0 Å². The summed E-state index contributed by atoms with van der Waals surface area (Å²) in [6, 6.07) is 10.1. The van der Waals surface area contributed by atoms with E-state index in [0.717, 1.165) is 24.9 Å². The van der Waals surface area contributed by atoms with Crippen LogP contribution in [-0.4, -0.2) is 61.0 Å². The third kappa shape index (κ3) is 10.0. The van der Waals surface area contributed by atoms with Gasteiger partial charge in [0, 0.05) is 26.2 Å². The lowest BCUT2D eigenvalue weighted by molar-refractivity contribution is 0.0547. The minimum absolute atomic E-state index is 0.512. The number of nitrogens with two attached hydrogens (primary N) is 1. The van der Waals surface area contributed by atoms with Crippen molar-refractivity contribution in [3.05, 3.63) is 35.9 Å². The Morgan fingerprint density at radius 1 is 0.793 bits per heavy atom. The molecule has 0 aliphatic heterocycles. The molecule has 0 unspecified atom stereocenters. The molecule has 0 fully saturated rings. The summed E-state index contributed by atoms with van der Waals surface area (Å²) in [6.07, 6.45) is 2.16. The average molecular weight is 404 g/mol. The number of hydrogen-bond donors (Lipinski definition) is 4. The molecule has 1 aromatic heterocycles. The lowest BCUT2D eigenvalue weighted by Crippen LogP contribution is -2.17. The molecule has 0 bridgehead atoms. The van der Waals surface area contributed by atoms with Gasteiger partial charge in [-0.3, -0.25) is 0 Å². The maximum atomic E-state index is 5.52. The number of rotatable bonds is 16. The van der Waals surface area contributed by atoms with Gasteiger partial charge < -0.3 is 31.2 Å². The number of nitrogens with one attached hydrogen (secondary N) is 3. The fourth-order valence-corrected chi connectivity index (χ4v) is 2.41. The molecule has 9 heteroatoms. The number of ether oxygens (including phenoxy) is 2. The van der Waals surface area contributed by atoms with Crippen LogP contribution in [0.5, 0.6) is 0 Å². The predicted octanol–water partition coefficient (Wildman–Crippen LogP) is 2.10. The average Bonchev–Trinajstić information content (AvgIpc) is 2.75. The molecule has 5 N–H and O–H groups in total. The van der Waals surface area contributed by atoms with E-state index in [9.17, 15) is 0 Å². The van der Waals surface area contributed by atoms with Crippen LogP contribution in [-0.2, 0) is 16.0 Å². The molecule has 0 amide bonds. The highest BCUT2D eigenvalue weighted by atomic mass is 16.5. The molecular formula is C20H33N7O2. The Morgan fingerprint density at radius 2 is 1.41 bits per heavy atom. The number of hydrogen-bond acceptors (Lipinski definition) is 9. The highest BCUT2D eigenvalue weighted by Crippen LogP contribution is 2.11. The van der Waals surface area contributed by atoms with Gasteiger partial charge in [0.25, 0.3) is 0 Å². The molecule has 0 saturated carbocycles. The van der Waals surface area contributed by atoms with Crippen molar-refractivity contribution >= 4 is 17.8 Å². The SMILES string of the molecule is CCCCNc1nc(NCCOCCOCCN)nc(NCc2ccccc2)n1. The van der Waals surface area contributed by atoms with Crippen molar-refractivity contribution in [3.63, 3.8) is 0 Å². The Kier molecular flexibility index (Phi) is 11.4. The molecule has 0 aliphatic carbocycles. The molecule has 160 valence electrons. The third-order valence-corrected chi connectivity index (χ3v) is 3.91. The maximum absolute atomic E-state index is 5.52. The summed E-state index contributed by atoms with van der Waals surface area (Å²) in [5.74, 6) is 1.60. The first-order valence-electron chi connectivity index (χ1n) is 10.2.